The van der Waals surface area contributed by atoms with E-state index >= 15 is 0 Å². The summed E-state index contributed by atoms with van der Waals surface area (Å²) in [5.41, 5.74) is 1.18. The van der Waals surface area contributed by atoms with E-state index in [4.69, 9.17) is 4.74 Å². The van der Waals surface area contributed by atoms with Gasteiger partial charge in [0, 0.05) is 44.5 Å². The van der Waals surface area contributed by atoms with Crippen LogP contribution in [-0.4, -0.2) is 63.6 Å². The maximum atomic E-state index is 12.3. The maximum absolute atomic E-state index is 12.3. The quantitative estimate of drug-likeness (QED) is 0.196. The Bertz CT molecular complexity index is 929. The molecule has 1 aromatic carbocycles. The summed E-state index contributed by atoms with van der Waals surface area (Å²) < 4.78 is 33.0. The number of nitrogens with zero attached hydrogens (tertiary/aromatic N) is 3. The van der Waals surface area contributed by atoms with Crippen LogP contribution in [0.1, 0.15) is 18.9 Å². The van der Waals surface area contributed by atoms with Crippen molar-refractivity contribution in [2.75, 3.05) is 39.3 Å². The van der Waals surface area contributed by atoms with Crippen LogP contribution in [0.3, 0.4) is 0 Å². The van der Waals surface area contributed by atoms with E-state index in [-0.39, 0.29) is 35.4 Å². The Morgan fingerprint density at radius 1 is 1.25 bits per heavy atom. The van der Waals surface area contributed by atoms with Gasteiger partial charge < -0.3 is 15.0 Å². The van der Waals surface area contributed by atoms with Crippen molar-refractivity contribution in [3.8, 4) is 0 Å². The number of ether oxygens (including phenoxy) is 1. The van der Waals surface area contributed by atoms with Crippen LogP contribution in [0.5, 0.6) is 0 Å². The summed E-state index contributed by atoms with van der Waals surface area (Å²) in [7, 11) is -3.56. The normalized spacial score (nSPS) is 16.6. The molecule has 2 N–H and O–H groups in total. The second-order valence-electron chi connectivity index (χ2n) is 7.42. The number of halogens is 1. The van der Waals surface area contributed by atoms with Crippen molar-refractivity contribution in [1.82, 2.24) is 19.9 Å². The molecule has 3 rings (SSSR count). The molecule has 8 nitrogen and oxygen atoms in total. The number of sulfonamides is 1. The van der Waals surface area contributed by atoms with Crippen molar-refractivity contribution in [2.45, 2.75) is 24.8 Å². The van der Waals surface area contributed by atoms with Crippen LogP contribution in [0.4, 0.5) is 0 Å². The van der Waals surface area contributed by atoms with Crippen LogP contribution in [0, 0.1) is 5.92 Å². The molecule has 1 aliphatic heterocycles. The third kappa shape index (κ3) is 8.30. The van der Waals surface area contributed by atoms with Crippen molar-refractivity contribution >= 4 is 40.0 Å². The highest BCUT2D eigenvalue weighted by Crippen LogP contribution is 2.17. The summed E-state index contributed by atoms with van der Waals surface area (Å²) in [6, 6.07) is 13.3. The minimum Gasteiger partial charge on any atom is -0.376 e. The molecule has 0 spiro atoms. The van der Waals surface area contributed by atoms with E-state index < -0.39 is 10.0 Å². The molecule has 1 aliphatic rings. The van der Waals surface area contributed by atoms with Gasteiger partial charge in [-0.2, -0.15) is 0 Å². The fourth-order valence-corrected chi connectivity index (χ4v) is 4.42. The average molecular weight is 574 g/mol. The molecule has 1 unspecified atom stereocenters. The Balaban J connectivity index is 0.00000363. The first-order valence-corrected chi connectivity index (χ1v) is 12.1. The molecule has 0 radical (unpaired) electrons. The lowest BCUT2D eigenvalue weighted by molar-refractivity contribution is 0.0907. The monoisotopic (exact) mass is 573 g/mol. The van der Waals surface area contributed by atoms with Crippen molar-refractivity contribution in [3.63, 3.8) is 0 Å². The molecule has 10 heteroatoms. The van der Waals surface area contributed by atoms with Gasteiger partial charge in [-0.1, -0.05) is 30.3 Å². The number of aliphatic imine (C=N–C) groups is 1. The standard InChI is InChI=1S/C22H31N5O3S.HI/c1-2-24-22(25-12-13-26-31(28,29)21-9-6-11-23-15-21)27-14-10-20(16-27)18-30-17-19-7-4-3-5-8-19;/h3-9,11,15,20,26H,2,10,12-14,16-18H2,1H3,(H,24,25);1H. The van der Waals surface area contributed by atoms with Crippen molar-refractivity contribution in [2.24, 2.45) is 10.9 Å². The minimum absolute atomic E-state index is 0. The molecule has 1 saturated heterocycles. The van der Waals surface area contributed by atoms with Crippen LogP contribution in [0.15, 0.2) is 64.7 Å². The smallest absolute Gasteiger partial charge is 0.242 e. The number of rotatable bonds is 10. The van der Waals surface area contributed by atoms with Gasteiger partial charge in [0.05, 0.1) is 19.8 Å². The van der Waals surface area contributed by atoms with E-state index in [1.54, 1.807) is 12.3 Å². The minimum atomic E-state index is -3.56. The average Bonchev–Trinajstić information content (AvgIpc) is 3.26. The Morgan fingerprint density at radius 3 is 2.78 bits per heavy atom. The first kappa shape index (κ1) is 26.5. The van der Waals surface area contributed by atoms with Gasteiger partial charge in [-0.3, -0.25) is 9.98 Å². The zero-order valence-electron chi connectivity index (χ0n) is 18.3. The van der Waals surface area contributed by atoms with E-state index in [1.807, 2.05) is 25.1 Å². The molecular formula is C22H32IN5O3S. The second kappa shape index (κ2) is 13.7. The van der Waals surface area contributed by atoms with E-state index in [0.717, 1.165) is 38.6 Å². The second-order valence-corrected chi connectivity index (χ2v) is 9.19. The lowest BCUT2D eigenvalue weighted by Gasteiger charge is -2.21. The Morgan fingerprint density at radius 2 is 2.06 bits per heavy atom. The van der Waals surface area contributed by atoms with Gasteiger partial charge >= 0.3 is 0 Å². The highest BCUT2D eigenvalue weighted by atomic mass is 127. The first-order chi connectivity index (χ1) is 15.1. The van der Waals surface area contributed by atoms with Crippen molar-refractivity contribution < 1.29 is 13.2 Å². The SMILES string of the molecule is CCNC(=NCCNS(=O)(=O)c1cccnc1)N1CCC(COCc2ccccc2)C1.I. The number of pyridine rings is 1. The van der Waals surface area contributed by atoms with Crippen LogP contribution in [-0.2, 0) is 21.4 Å². The summed E-state index contributed by atoms with van der Waals surface area (Å²) in [6.07, 6.45) is 3.93. The van der Waals surface area contributed by atoms with Gasteiger partial charge in [-0.05, 0) is 31.0 Å². The predicted molar refractivity (Wildman–Crippen MR) is 137 cm³/mol. The molecule has 1 aromatic heterocycles. The van der Waals surface area contributed by atoms with Crippen LogP contribution < -0.4 is 10.0 Å². The summed E-state index contributed by atoms with van der Waals surface area (Å²) in [5, 5.41) is 3.30. The molecule has 0 saturated carbocycles. The lowest BCUT2D eigenvalue weighted by Crippen LogP contribution is -2.40. The highest BCUT2D eigenvalue weighted by Gasteiger charge is 2.25. The van der Waals surface area contributed by atoms with Crippen LogP contribution in [0.2, 0.25) is 0 Å². The number of guanidine groups is 1. The van der Waals surface area contributed by atoms with E-state index in [1.165, 1.54) is 17.8 Å². The van der Waals surface area contributed by atoms with Gasteiger partial charge in [0.1, 0.15) is 4.90 Å². The molecule has 0 aliphatic carbocycles. The van der Waals surface area contributed by atoms with E-state index in [0.29, 0.717) is 19.1 Å². The molecule has 2 heterocycles. The molecule has 32 heavy (non-hydrogen) atoms. The Labute approximate surface area is 207 Å². The zero-order valence-corrected chi connectivity index (χ0v) is 21.5. The third-order valence-corrected chi connectivity index (χ3v) is 6.44. The Hall–Kier alpha value is -1.76. The summed E-state index contributed by atoms with van der Waals surface area (Å²) in [4.78, 5) is 10.8. The lowest BCUT2D eigenvalue weighted by atomic mass is 10.1. The maximum Gasteiger partial charge on any atom is 0.242 e. The highest BCUT2D eigenvalue weighted by molar-refractivity contribution is 14.0. The van der Waals surface area contributed by atoms with Gasteiger partial charge in [-0.15, -0.1) is 24.0 Å². The van der Waals surface area contributed by atoms with Gasteiger partial charge in [0.15, 0.2) is 5.96 Å². The summed E-state index contributed by atoms with van der Waals surface area (Å²) in [6.45, 7) is 6.49. The van der Waals surface area contributed by atoms with Crippen molar-refractivity contribution in [1.29, 1.82) is 0 Å². The van der Waals surface area contributed by atoms with Gasteiger partial charge in [0.2, 0.25) is 10.0 Å². The summed E-state index contributed by atoms with van der Waals surface area (Å²) in [5.74, 6) is 1.27. The topological polar surface area (TPSA) is 95.9 Å². The molecule has 176 valence electrons. The molecule has 0 amide bonds. The zero-order chi connectivity index (χ0) is 21.9. The molecule has 1 fully saturated rings. The number of aromatic nitrogens is 1. The van der Waals surface area contributed by atoms with Crippen LogP contribution in [0.25, 0.3) is 0 Å². The summed E-state index contributed by atoms with van der Waals surface area (Å²) >= 11 is 0. The van der Waals surface area contributed by atoms with E-state index in [2.05, 4.69) is 37.0 Å². The molecule has 1 atom stereocenters. The van der Waals surface area contributed by atoms with Crippen molar-refractivity contribution in [3.05, 3.63) is 60.4 Å². The number of hydrogen-bond donors (Lipinski definition) is 2. The number of nitrogens with one attached hydrogen (secondary N) is 2. The van der Waals surface area contributed by atoms with Crippen LogP contribution >= 0.6 is 24.0 Å². The first-order valence-electron chi connectivity index (χ1n) is 10.6. The molecular weight excluding hydrogens is 541 g/mol. The molecule has 0 bridgehead atoms. The van der Waals surface area contributed by atoms with Gasteiger partial charge in [-0.25, -0.2) is 13.1 Å². The predicted octanol–water partition coefficient (Wildman–Crippen LogP) is 2.48. The van der Waals surface area contributed by atoms with Gasteiger partial charge in [0.25, 0.3) is 0 Å². The number of benzene rings is 1. The molecule has 2 aromatic rings. The fourth-order valence-electron chi connectivity index (χ4n) is 3.44. The fraction of sp³-hybridized carbons (Fsp3) is 0.455. The Kier molecular flexibility index (Phi) is 11.4. The van der Waals surface area contributed by atoms with E-state index in [9.17, 15) is 8.42 Å². The number of hydrogen-bond acceptors (Lipinski definition) is 5. The largest absolute Gasteiger partial charge is 0.376 e. The third-order valence-electron chi connectivity index (χ3n) is 5.00. The number of likely N-dealkylation sites (tertiary alicyclic amines) is 1.